The zero-order chi connectivity index (χ0) is 25.7. The highest BCUT2D eigenvalue weighted by atomic mass is 19.1. The van der Waals surface area contributed by atoms with Crippen LogP contribution in [0.3, 0.4) is 0 Å². The summed E-state index contributed by atoms with van der Waals surface area (Å²) in [5, 5.41) is 15.5. The van der Waals surface area contributed by atoms with E-state index in [4.69, 9.17) is 9.47 Å². The van der Waals surface area contributed by atoms with Gasteiger partial charge in [0.2, 0.25) is 11.8 Å². The number of nitrogens with zero attached hydrogens (tertiary/aromatic N) is 7. The van der Waals surface area contributed by atoms with Crippen LogP contribution in [0.25, 0.3) is 27.7 Å². The van der Waals surface area contributed by atoms with Gasteiger partial charge in [-0.25, -0.2) is 22.4 Å². The summed E-state index contributed by atoms with van der Waals surface area (Å²) in [6.07, 6.45) is -0.432. The monoisotopic (exact) mass is 516 g/mol. The molecule has 0 spiro atoms. The van der Waals surface area contributed by atoms with E-state index in [0.717, 1.165) is 6.54 Å². The van der Waals surface area contributed by atoms with Gasteiger partial charge in [-0.1, -0.05) is 11.3 Å². The summed E-state index contributed by atoms with van der Waals surface area (Å²) in [4.78, 5) is 6.53. The second-order valence-electron chi connectivity index (χ2n) is 9.59. The number of ether oxygens (including phenoxy) is 2. The number of aromatic nitrogens is 6. The van der Waals surface area contributed by atoms with Crippen molar-refractivity contribution in [1.29, 1.82) is 0 Å². The van der Waals surface area contributed by atoms with Crippen LogP contribution in [0, 0.1) is 5.82 Å². The third-order valence-corrected chi connectivity index (χ3v) is 7.00. The Labute approximate surface area is 210 Å². The first-order valence-corrected chi connectivity index (χ1v) is 12.2. The van der Waals surface area contributed by atoms with Crippen LogP contribution in [0.2, 0.25) is 0 Å². The van der Waals surface area contributed by atoms with E-state index in [9.17, 15) is 8.78 Å². The molecule has 4 aromatic rings. The lowest BCUT2D eigenvalue weighted by Gasteiger charge is -2.42. The molecular formula is C24H27F3N8O2. The van der Waals surface area contributed by atoms with Gasteiger partial charge in [0.1, 0.15) is 23.4 Å². The molecule has 5 heterocycles. The fraction of sp³-hybridized carbons (Fsp3) is 0.500. The minimum atomic E-state index is -1.12. The maximum Gasteiger partial charge on any atom is 0.244 e. The number of halogens is 3. The number of fused-ring (bicyclic) bond motifs is 2. The summed E-state index contributed by atoms with van der Waals surface area (Å²) in [6, 6.07) is 4.91. The molecule has 13 heteroatoms. The Bertz CT molecular complexity index is 1440. The molecule has 37 heavy (non-hydrogen) atoms. The van der Waals surface area contributed by atoms with Crippen LogP contribution in [0.4, 0.5) is 19.1 Å². The Morgan fingerprint density at radius 3 is 2.84 bits per heavy atom. The summed E-state index contributed by atoms with van der Waals surface area (Å²) < 4.78 is 57.4. The molecule has 2 saturated heterocycles. The van der Waals surface area contributed by atoms with E-state index >= 15 is 4.39 Å². The van der Waals surface area contributed by atoms with Crippen LogP contribution in [0.15, 0.2) is 24.4 Å². The van der Waals surface area contributed by atoms with Gasteiger partial charge in [0, 0.05) is 13.1 Å². The molecule has 3 atom stereocenters. The van der Waals surface area contributed by atoms with E-state index in [1.54, 1.807) is 18.2 Å². The molecule has 2 aliphatic rings. The summed E-state index contributed by atoms with van der Waals surface area (Å²) in [6.45, 7) is 3.80. The van der Waals surface area contributed by atoms with Gasteiger partial charge in [0.15, 0.2) is 5.82 Å². The summed E-state index contributed by atoms with van der Waals surface area (Å²) in [5.41, 5.74) is 2.21. The number of benzene rings is 1. The molecule has 0 aliphatic carbocycles. The van der Waals surface area contributed by atoms with Crippen LogP contribution in [0.5, 0.6) is 5.88 Å². The Morgan fingerprint density at radius 2 is 2.14 bits per heavy atom. The number of nitrogens with one attached hydrogen (secondary N) is 1. The number of anilines is 1. The second kappa shape index (κ2) is 9.45. The van der Waals surface area contributed by atoms with Crippen LogP contribution < -0.4 is 10.1 Å². The lowest BCUT2D eigenvalue weighted by atomic mass is 10.0. The predicted octanol–water partition coefficient (Wildman–Crippen LogP) is 2.87. The molecule has 0 bridgehead atoms. The van der Waals surface area contributed by atoms with E-state index in [1.807, 2.05) is 0 Å². The average molecular weight is 517 g/mol. The number of methoxy groups -OCH3 is 1. The summed E-state index contributed by atoms with van der Waals surface area (Å²) in [5.74, 6) is -0.255. The predicted molar refractivity (Wildman–Crippen MR) is 130 cm³/mol. The van der Waals surface area contributed by atoms with Gasteiger partial charge in [-0.2, -0.15) is 4.98 Å². The van der Waals surface area contributed by atoms with Gasteiger partial charge in [0.05, 0.1) is 56.2 Å². The van der Waals surface area contributed by atoms with Crippen LogP contribution in [0.1, 0.15) is 13.3 Å². The largest absolute Gasteiger partial charge is 0.479 e. The third kappa shape index (κ3) is 4.35. The van der Waals surface area contributed by atoms with Crippen molar-refractivity contribution in [3.63, 3.8) is 0 Å². The van der Waals surface area contributed by atoms with Crippen LogP contribution in [-0.4, -0.2) is 92.3 Å². The van der Waals surface area contributed by atoms with E-state index in [0.29, 0.717) is 48.3 Å². The van der Waals surface area contributed by atoms with Crippen molar-refractivity contribution < 1.29 is 22.6 Å². The molecule has 0 amide bonds. The van der Waals surface area contributed by atoms with Crippen molar-refractivity contribution in [2.75, 3.05) is 38.7 Å². The molecule has 2 aliphatic heterocycles. The van der Waals surface area contributed by atoms with E-state index in [-0.39, 0.29) is 30.0 Å². The van der Waals surface area contributed by atoms with Gasteiger partial charge in [-0.05, 0) is 31.0 Å². The van der Waals surface area contributed by atoms with Gasteiger partial charge in [-0.15, -0.1) is 10.2 Å². The van der Waals surface area contributed by atoms with Crippen molar-refractivity contribution in [1.82, 2.24) is 34.5 Å². The topological polar surface area (TPSA) is 94.6 Å². The number of rotatable bonds is 7. The number of hydrogen-bond acceptors (Lipinski definition) is 8. The molecule has 10 nitrogen and oxygen atoms in total. The molecule has 3 aromatic heterocycles. The van der Waals surface area contributed by atoms with Gasteiger partial charge in [-0.3, -0.25) is 4.90 Å². The SMILES string of the molecule is COc1nc(N[C@@H]2CCN(C3COC3)C[C@H]2F)nn2cc(F)c(-c3ccc4nnn(C[C@H](C)F)c4c3)c12. The third-order valence-electron chi connectivity index (χ3n) is 7.00. The lowest BCUT2D eigenvalue weighted by Crippen LogP contribution is -2.57. The Hall–Kier alpha value is -3.45. The number of hydrogen-bond donors (Lipinski definition) is 1. The number of piperidine rings is 1. The minimum Gasteiger partial charge on any atom is -0.479 e. The molecule has 1 aromatic carbocycles. The Balaban J connectivity index is 1.32. The van der Waals surface area contributed by atoms with Crippen molar-refractivity contribution in [2.24, 2.45) is 0 Å². The van der Waals surface area contributed by atoms with Crippen molar-refractivity contribution >= 4 is 22.5 Å². The summed E-state index contributed by atoms with van der Waals surface area (Å²) >= 11 is 0. The molecule has 0 unspecified atom stereocenters. The quantitative estimate of drug-likeness (QED) is 0.401. The zero-order valence-electron chi connectivity index (χ0n) is 20.4. The zero-order valence-corrected chi connectivity index (χ0v) is 20.4. The van der Waals surface area contributed by atoms with Crippen molar-refractivity contribution in [3.05, 3.63) is 30.2 Å². The van der Waals surface area contributed by atoms with Gasteiger partial charge in [0.25, 0.3) is 0 Å². The average Bonchev–Trinajstić information content (AvgIpc) is 3.38. The highest BCUT2D eigenvalue weighted by Crippen LogP contribution is 2.35. The highest BCUT2D eigenvalue weighted by molar-refractivity contribution is 5.89. The number of alkyl halides is 2. The van der Waals surface area contributed by atoms with Crippen LogP contribution >= 0.6 is 0 Å². The maximum atomic E-state index is 15.3. The first kappa shape index (κ1) is 23.9. The molecule has 0 saturated carbocycles. The first-order chi connectivity index (χ1) is 17.9. The first-order valence-electron chi connectivity index (χ1n) is 12.2. The molecule has 1 N–H and O–H groups in total. The Morgan fingerprint density at radius 1 is 1.30 bits per heavy atom. The summed E-state index contributed by atoms with van der Waals surface area (Å²) in [7, 11) is 1.43. The maximum absolute atomic E-state index is 15.3. The second-order valence-corrected chi connectivity index (χ2v) is 9.59. The van der Waals surface area contributed by atoms with E-state index in [2.05, 4.69) is 30.6 Å². The standard InChI is InChI=1S/C24H27F3N8O2/c1-13(25)8-34-20-7-14(3-4-19(20)30-32-34)21-17(27)10-35-22(21)23(36-2)29-24(31-35)28-18-5-6-33(9-16(18)26)15-11-37-12-15/h3-4,7,10,13,15-16,18H,5-6,8-9,11-12H2,1-2H3,(H,28,31)/t13-,16+,18+/m0/s1. The Kier molecular flexibility index (Phi) is 6.11. The molecular weight excluding hydrogens is 489 g/mol. The van der Waals surface area contributed by atoms with Crippen LogP contribution in [-0.2, 0) is 11.3 Å². The normalized spacial score (nSPS) is 21.9. The molecule has 2 fully saturated rings. The highest BCUT2D eigenvalue weighted by Gasteiger charge is 2.36. The van der Waals surface area contributed by atoms with E-state index in [1.165, 1.54) is 29.4 Å². The minimum absolute atomic E-state index is 0.0311. The molecule has 196 valence electrons. The molecule has 0 radical (unpaired) electrons. The number of likely N-dealkylation sites (tertiary alicyclic amines) is 1. The van der Waals surface area contributed by atoms with Gasteiger partial charge < -0.3 is 14.8 Å². The fourth-order valence-electron chi connectivity index (χ4n) is 5.02. The van der Waals surface area contributed by atoms with Gasteiger partial charge >= 0.3 is 0 Å². The van der Waals surface area contributed by atoms with Crippen molar-refractivity contribution in [3.8, 4) is 17.0 Å². The fourth-order valence-corrected chi connectivity index (χ4v) is 5.02. The molecule has 6 rings (SSSR count). The van der Waals surface area contributed by atoms with Crippen molar-refractivity contribution in [2.45, 2.75) is 44.3 Å². The van der Waals surface area contributed by atoms with E-state index < -0.39 is 24.2 Å². The lowest BCUT2D eigenvalue weighted by molar-refractivity contribution is -0.0794. The smallest absolute Gasteiger partial charge is 0.244 e.